The molecule has 9 heteroatoms. The number of aryl methyl sites for hydroxylation is 1. The lowest BCUT2D eigenvalue weighted by Gasteiger charge is -2.01. The molecule has 0 spiro atoms. The number of hydrogen-bond acceptors (Lipinski definition) is 5. The Morgan fingerprint density at radius 2 is 2.29 bits per heavy atom. The van der Waals surface area contributed by atoms with Crippen LogP contribution in [0.25, 0.3) is 0 Å². The Hall–Kier alpha value is -1.74. The number of carbonyl (C=O) groups is 2. The predicted octanol–water partition coefficient (Wildman–Crippen LogP) is 1.44. The molecule has 0 saturated heterocycles. The Morgan fingerprint density at radius 3 is 2.95 bits per heavy atom. The van der Waals surface area contributed by atoms with E-state index in [-0.39, 0.29) is 19.0 Å². The molecule has 0 atom stereocenters. The Bertz CT molecular complexity index is 640. The smallest absolute Gasteiger partial charge is 0.325 e. The third kappa shape index (κ3) is 5.27. The van der Waals surface area contributed by atoms with Gasteiger partial charge in [-0.15, -0.1) is 16.4 Å². The van der Waals surface area contributed by atoms with Crippen LogP contribution < -0.4 is 5.32 Å². The van der Waals surface area contributed by atoms with Crippen LogP contribution >= 0.6 is 27.3 Å². The molecule has 1 amide bonds. The van der Waals surface area contributed by atoms with E-state index in [9.17, 15) is 9.59 Å². The number of thiophene rings is 1. The summed E-state index contributed by atoms with van der Waals surface area (Å²) in [5.41, 5.74) is 0.531. The van der Waals surface area contributed by atoms with Crippen molar-refractivity contribution in [2.45, 2.75) is 25.9 Å². The third-order valence-corrected chi connectivity index (χ3v) is 4.33. The zero-order valence-electron chi connectivity index (χ0n) is 11.0. The molecule has 2 N–H and O–H groups in total. The molecule has 7 nitrogen and oxygen atoms in total. The fraction of sp³-hybridized carbons (Fsp3) is 0.333. The van der Waals surface area contributed by atoms with E-state index < -0.39 is 5.97 Å². The molecule has 0 unspecified atom stereocenters. The third-order valence-electron chi connectivity index (χ3n) is 2.57. The van der Waals surface area contributed by atoms with Crippen LogP contribution in [-0.4, -0.2) is 32.0 Å². The van der Waals surface area contributed by atoms with Crippen molar-refractivity contribution < 1.29 is 14.7 Å². The fourth-order valence-electron chi connectivity index (χ4n) is 1.63. The number of halogens is 1. The SMILES string of the molecule is O=C(O)Cn1cc(CNC(=O)CCc2cc(Br)cs2)nn1. The first-order valence-corrected chi connectivity index (χ1v) is 7.80. The molecule has 112 valence electrons. The number of rotatable bonds is 7. The molecule has 0 aromatic carbocycles. The van der Waals surface area contributed by atoms with Gasteiger partial charge in [0.2, 0.25) is 5.91 Å². The summed E-state index contributed by atoms with van der Waals surface area (Å²) < 4.78 is 2.24. The van der Waals surface area contributed by atoms with Gasteiger partial charge < -0.3 is 10.4 Å². The van der Waals surface area contributed by atoms with Crippen LogP contribution in [0.5, 0.6) is 0 Å². The molecule has 2 aromatic heterocycles. The molecule has 2 heterocycles. The van der Waals surface area contributed by atoms with Gasteiger partial charge in [-0.2, -0.15) is 0 Å². The van der Waals surface area contributed by atoms with E-state index >= 15 is 0 Å². The van der Waals surface area contributed by atoms with E-state index in [1.54, 1.807) is 11.3 Å². The normalized spacial score (nSPS) is 10.5. The molecule has 0 fully saturated rings. The highest BCUT2D eigenvalue weighted by Gasteiger charge is 2.07. The topological polar surface area (TPSA) is 97.1 Å². The minimum absolute atomic E-state index is 0.0766. The Labute approximate surface area is 133 Å². The average molecular weight is 373 g/mol. The number of aromatic nitrogens is 3. The number of hydrogen-bond donors (Lipinski definition) is 2. The highest BCUT2D eigenvalue weighted by molar-refractivity contribution is 9.10. The quantitative estimate of drug-likeness (QED) is 0.766. The van der Waals surface area contributed by atoms with E-state index in [1.807, 2.05) is 11.4 Å². The minimum Gasteiger partial charge on any atom is -0.480 e. The number of carbonyl (C=O) groups excluding carboxylic acids is 1. The number of aliphatic carboxylic acids is 1. The van der Waals surface area contributed by atoms with Crippen molar-refractivity contribution in [2.75, 3.05) is 0 Å². The zero-order valence-corrected chi connectivity index (χ0v) is 13.4. The highest BCUT2D eigenvalue weighted by atomic mass is 79.9. The Morgan fingerprint density at radius 1 is 1.48 bits per heavy atom. The lowest BCUT2D eigenvalue weighted by Crippen LogP contribution is -2.23. The van der Waals surface area contributed by atoms with Crippen molar-refractivity contribution >= 4 is 39.1 Å². The van der Waals surface area contributed by atoms with Crippen LogP contribution in [0, 0.1) is 0 Å². The summed E-state index contributed by atoms with van der Waals surface area (Å²) in [5.74, 6) is -1.06. The van der Waals surface area contributed by atoms with Crippen LogP contribution in [0.1, 0.15) is 17.0 Å². The summed E-state index contributed by atoms with van der Waals surface area (Å²) in [4.78, 5) is 23.4. The largest absolute Gasteiger partial charge is 0.480 e. The van der Waals surface area contributed by atoms with Crippen LogP contribution in [0.2, 0.25) is 0 Å². The maximum absolute atomic E-state index is 11.7. The molecular formula is C12H13BrN4O3S. The first-order valence-electron chi connectivity index (χ1n) is 6.13. The highest BCUT2D eigenvalue weighted by Crippen LogP contribution is 2.20. The number of amides is 1. The Kier molecular flexibility index (Phi) is 5.45. The second-order valence-electron chi connectivity index (χ2n) is 4.31. The van der Waals surface area contributed by atoms with E-state index in [1.165, 1.54) is 10.9 Å². The van der Waals surface area contributed by atoms with Gasteiger partial charge in [0.1, 0.15) is 12.2 Å². The molecule has 0 saturated carbocycles. The van der Waals surface area contributed by atoms with Gasteiger partial charge in [-0.1, -0.05) is 5.21 Å². The molecule has 0 aliphatic heterocycles. The second-order valence-corrected chi connectivity index (χ2v) is 6.22. The molecule has 21 heavy (non-hydrogen) atoms. The summed E-state index contributed by atoms with van der Waals surface area (Å²) in [5, 5.41) is 20.8. The Balaban J connectivity index is 1.73. The van der Waals surface area contributed by atoms with Crippen LogP contribution in [0.15, 0.2) is 22.1 Å². The standard InChI is InChI=1S/C12H13BrN4O3S/c13-8-3-10(21-7-8)1-2-11(18)14-4-9-5-17(16-15-9)6-12(19)20/h3,5,7H,1-2,4,6H2,(H,14,18)(H,19,20). The molecule has 0 aliphatic rings. The summed E-state index contributed by atoms with van der Waals surface area (Å²) >= 11 is 4.98. The minimum atomic E-state index is -0.988. The van der Waals surface area contributed by atoms with Crippen molar-refractivity contribution in [3.8, 4) is 0 Å². The molecule has 0 radical (unpaired) electrons. The summed E-state index contributed by atoms with van der Waals surface area (Å²) in [6.07, 6.45) is 2.59. The van der Waals surface area contributed by atoms with E-state index in [0.717, 1.165) is 9.35 Å². The van der Waals surface area contributed by atoms with E-state index in [2.05, 4.69) is 31.6 Å². The van der Waals surface area contributed by atoms with Gasteiger partial charge in [-0.25, -0.2) is 4.68 Å². The van der Waals surface area contributed by atoms with Crippen molar-refractivity contribution in [2.24, 2.45) is 0 Å². The van der Waals surface area contributed by atoms with Gasteiger partial charge in [0.25, 0.3) is 0 Å². The average Bonchev–Trinajstić information content (AvgIpc) is 3.02. The number of nitrogens with zero attached hydrogens (tertiary/aromatic N) is 3. The molecule has 0 bridgehead atoms. The van der Waals surface area contributed by atoms with E-state index in [4.69, 9.17) is 5.11 Å². The van der Waals surface area contributed by atoms with Crippen LogP contribution in [-0.2, 0) is 29.1 Å². The predicted molar refractivity (Wildman–Crippen MR) is 79.8 cm³/mol. The number of carboxylic acid groups (broad SMARTS) is 1. The first-order chi connectivity index (χ1) is 10.0. The lowest BCUT2D eigenvalue weighted by atomic mass is 10.2. The van der Waals surface area contributed by atoms with E-state index in [0.29, 0.717) is 18.5 Å². The van der Waals surface area contributed by atoms with Crippen molar-refractivity contribution in [3.63, 3.8) is 0 Å². The van der Waals surface area contributed by atoms with Gasteiger partial charge in [0, 0.05) is 21.2 Å². The molecule has 0 aliphatic carbocycles. The molecule has 2 aromatic rings. The first kappa shape index (κ1) is 15.6. The van der Waals surface area contributed by atoms with Crippen molar-refractivity contribution in [1.82, 2.24) is 20.3 Å². The monoisotopic (exact) mass is 372 g/mol. The maximum atomic E-state index is 11.7. The van der Waals surface area contributed by atoms with Crippen LogP contribution in [0.3, 0.4) is 0 Å². The summed E-state index contributed by atoms with van der Waals surface area (Å²) in [6.45, 7) is 0.000783. The van der Waals surface area contributed by atoms with Gasteiger partial charge in [0.05, 0.1) is 12.7 Å². The fourth-order valence-corrected chi connectivity index (χ4v) is 3.09. The summed E-state index contributed by atoms with van der Waals surface area (Å²) in [6, 6.07) is 2.00. The zero-order chi connectivity index (χ0) is 15.2. The van der Waals surface area contributed by atoms with Crippen molar-refractivity contribution in [3.05, 3.63) is 32.7 Å². The van der Waals surface area contributed by atoms with Gasteiger partial charge in [-0.3, -0.25) is 9.59 Å². The van der Waals surface area contributed by atoms with Crippen LogP contribution in [0.4, 0.5) is 0 Å². The van der Waals surface area contributed by atoms with Gasteiger partial charge in [-0.05, 0) is 28.4 Å². The molecular weight excluding hydrogens is 360 g/mol. The van der Waals surface area contributed by atoms with Gasteiger partial charge >= 0.3 is 5.97 Å². The second kappa shape index (κ2) is 7.32. The number of carboxylic acids is 1. The maximum Gasteiger partial charge on any atom is 0.325 e. The number of nitrogens with one attached hydrogen (secondary N) is 1. The summed E-state index contributed by atoms with van der Waals surface area (Å²) in [7, 11) is 0. The lowest BCUT2D eigenvalue weighted by molar-refractivity contribution is -0.138. The molecule has 2 rings (SSSR count). The van der Waals surface area contributed by atoms with Crippen molar-refractivity contribution in [1.29, 1.82) is 0 Å². The van der Waals surface area contributed by atoms with Gasteiger partial charge in [0.15, 0.2) is 0 Å².